The number of hydrogen-bond donors (Lipinski definition) is 0. The predicted octanol–water partition coefficient (Wildman–Crippen LogP) is 4.51. The fraction of sp³-hybridized carbons (Fsp3) is 0.320. The zero-order valence-electron chi connectivity index (χ0n) is 18.1. The number of benzene rings is 2. The second-order valence-corrected chi connectivity index (χ2v) is 7.96. The van der Waals surface area contributed by atoms with Crippen molar-refractivity contribution in [3.63, 3.8) is 0 Å². The van der Waals surface area contributed by atoms with Gasteiger partial charge in [-0.2, -0.15) is 0 Å². The van der Waals surface area contributed by atoms with E-state index in [1.807, 2.05) is 30.3 Å². The van der Waals surface area contributed by atoms with Crippen LogP contribution in [-0.2, 0) is 11.3 Å². The highest BCUT2D eigenvalue weighted by Crippen LogP contribution is 2.40. The van der Waals surface area contributed by atoms with Crippen molar-refractivity contribution >= 4 is 5.91 Å². The Hall–Kier alpha value is -3.45. The molecule has 1 spiro atoms. The van der Waals surface area contributed by atoms with Gasteiger partial charge in [0.05, 0.1) is 27.1 Å². The molecule has 0 aliphatic carbocycles. The molecule has 1 fully saturated rings. The van der Waals surface area contributed by atoms with Crippen molar-refractivity contribution in [3.8, 4) is 28.4 Å². The van der Waals surface area contributed by atoms with E-state index in [4.69, 9.17) is 23.4 Å². The van der Waals surface area contributed by atoms with Gasteiger partial charge in [0.2, 0.25) is 5.79 Å². The van der Waals surface area contributed by atoms with Gasteiger partial charge in [0, 0.05) is 31.5 Å². The third-order valence-electron chi connectivity index (χ3n) is 6.11. The van der Waals surface area contributed by atoms with Crippen molar-refractivity contribution in [3.05, 3.63) is 66.1 Å². The number of carbonyl (C=O) groups is 1. The maximum Gasteiger partial charge on any atom is 0.289 e. The van der Waals surface area contributed by atoms with Crippen LogP contribution in [0.5, 0.6) is 17.2 Å². The summed E-state index contributed by atoms with van der Waals surface area (Å²) >= 11 is 0. The summed E-state index contributed by atoms with van der Waals surface area (Å²) in [6, 6.07) is 15.4. The Morgan fingerprint density at radius 3 is 2.44 bits per heavy atom. The fourth-order valence-electron chi connectivity index (χ4n) is 4.28. The van der Waals surface area contributed by atoms with Crippen molar-refractivity contribution in [2.45, 2.75) is 25.2 Å². The van der Waals surface area contributed by atoms with Crippen LogP contribution in [0, 0.1) is 0 Å². The largest absolute Gasteiger partial charge is 0.493 e. The minimum Gasteiger partial charge on any atom is -0.493 e. The molecule has 0 bridgehead atoms. The average Bonchev–Trinajstić information content (AvgIpc) is 3.38. The van der Waals surface area contributed by atoms with Crippen LogP contribution < -0.4 is 14.2 Å². The molecule has 7 heteroatoms. The lowest BCUT2D eigenvalue weighted by molar-refractivity contribution is -0.225. The molecule has 0 saturated carbocycles. The highest BCUT2D eigenvalue weighted by molar-refractivity contribution is 5.91. The van der Waals surface area contributed by atoms with Crippen LogP contribution in [-0.4, -0.2) is 43.9 Å². The van der Waals surface area contributed by atoms with Crippen LogP contribution in [0.25, 0.3) is 11.1 Å². The van der Waals surface area contributed by atoms with E-state index in [0.29, 0.717) is 49.8 Å². The smallest absolute Gasteiger partial charge is 0.289 e. The van der Waals surface area contributed by atoms with Crippen molar-refractivity contribution in [2.24, 2.45) is 0 Å². The zero-order valence-corrected chi connectivity index (χ0v) is 18.1. The van der Waals surface area contributed by atoms with E-state index in [2.05, 4.69) is 6.07 Å². The Morgan fingerprint density at radius 1 is 0.969 bits per heavy atom. The van der Waals surface area contributed by atoms with Gasteiger partial charge >= 0.3 is 0 Å². The Labute approximate surface area is 186 Å². The molecule has 1 aromatic heterocycles. The minimum atomic E-state index is -0.697. The van der Waals surface area contributed by atoms with Gasteiger partial charge in [0.15, 0.2) is 17.3 Å². The number of likely N-dealkylation sites (tertiary alicyclic amines) is 1. The van der Waals surface area contributed by atoms with Gasteiger partial charge in [0.1, 0.15) is 5.75 Å². The van der Waals surface area contributed by atoms with E-state index in [0.717, 1.165) is 22.4 Å². The third-order valence-corrected chi connectivity index (χ3v) is 6.11. The monoisotopic (exact) mass is 435 g/mol. The molecule has 166 valence electrons. The highest BCUT2D eigenvalue weighted by Gasteiger charge is 2.42. The Bertz CT molecular complexity index is 1120. The Balaban J connectivity index is 1.30. The Morgan fingerprint density at radius 2 is 1.72 bits per heavy atom. The summed E-state index contributed by atoms with van der Waals surface area (Å²) in [5.41, 5.74) is 3.07. The topological polar surface area (TPSA) is 70.4 Å². The molecule has 2 aliphatic rings. The van der Waals surface area contributed by atoms with Gasteiger partial charge in [-0.05, 0) is 47.5 Å². The normalized spacial score (nSPS) is 16.9. The van der Waals surface area contributed by atoms with Crippen molar-refractivity contribution in [1.82, 2.24) is 4.90 Å². The first-order chi connectivity index (χ1) is 15.6. The van der Waals surface area contributed by atoms with Crippen LogP contribution in [0.15, 0.2) is 59.2 Å². The van der Waals surface area contributed by atoms with E-state index in [1.165, 1.54) is 6.26 Å². The van der Waals surface area contributed by atoms with Crippen LogP contribution in [0.3, 0.4) is 0 Å². The number of rotatable bonds is 4. The van der Waals surface area contributed by atoms with E-state index < -0.39 is 5.79 Å². The van der Waals surface area contributed by atoms with Crippen LogP contribution in [0.4, 0.5) is 0 Å². The molecular formula is C25H25NO6. The van der Waals surface area contributed by atoms with Crippen molar-refractivity contribution in [1.29, 1.82) is 0 Å². The minimum absolute atomic E-state index is 0.0966. The quantitative estimate of drug-likeness (QED) is 0.601. The van der Waals surface area contributed by atoms with Gasteiger partial charge in [0.25, 0.3) is 5.91 Å². The summed E-state index contributed by atoms with van der Waals surface area (Å²) in [6.45, 7) is 1.57. The summed E-state index contributed by atoms with van der Waals surface area (Å²) < 4.78 is 28.5. The predicted molar refractivity (Wildman–Crippen MR) is 117 cm³/mol. The lowest BCUT2D eigenvalue weighted by Crippen LogP contribution is -2.52. The number of hydrogen-bond acceptors (Lipinski definition) is 6. The summed E-state index contributed by atoms with van der Waals surface area (Å²) in [5, 5.41) is 0. The van der Waals surface area contributed by atoms with Gasteiger partial charge in [-0.15, -0.1) is 0 Å². The maximum absolute atomic E-state index is 12.5. The van der Waals surface area contributed by atoms with Crippen LogP contribution in [0.2, 0.25) is 0 Å². The van der Waals surface area contributed by atoms with Gasteiger partial charge in [-0.3, -0.25) is 4.79 Å². The molecule has 2 aliphatic heterocycles. The SMILES string of the molecule is COc1ccc(-c2ccc3c(c2)COC2(CCN(C(=O)c4ccco4)CC2)O3)cc1OC. The average molecular weight is 435 g/mol. The summed E-state index contributed by atoms with van der Waals surface area (Å²) in [6.07, 6.45) is 2.73. The number of nitrogens with zero attached hydrogens (tertiary/aromatic N) is 1. The lowest BCUT2D eigenvalue weighted by atomic mass is 9.98. The fourth-order valence-corrected chi connectivity index (χ4v) is 4.28. The molecule has 1 saturated heterocycles. The molecule has 0 radical (unpaired) electrons. The number of methoxy groups -OCH3 is 2. The number of piperidine rings is 1. The summed E-state index contributed by atoms with van der Waals surface area (Å²) in [5.74, 6) is 1.77. The Kier molecular flexibility index (Phi) is 5.27. The summed E-state index contributed by atoms with van der Waals surface area (Å²) in [7, 11) is 3.25. The standard InChI is InChI=1S/C25H25NO6/c1-28-21-8-6-18(15-23(21)29-2)17-5-7-20-19(14-17)16-31-25(32-20)9-11-26(12-10-25)24(27)22-4-3-13-30-22/h3-8,13-15H,9-12,16H2,1-2H3. The van der Waals surface area contributed by atoms with Gasteiger partial charge in [-0.1, -0.05) is 12.1 Å². The van der Waals surface area contributed by atoms with Crippen molar-refractivity contribution in [2.75, 3.05) is 27.3 Å². The lowest BCUT2D eigenvalue weighted by Gasteiger charge is -2.43. The molecule has 2 aromatic carbocycles. The van der Waals surface area contributed by atoms with E-state index in [-0.39, 0.29) is 5.91 Å². The first kappa shape index (κ1) is 20.5. The van der Waals surface area contributed by atoms with E-state index >= 15 is 0 Å². The summed E-state index contributed by atoms with van der Waals surface area (Å²) in [4.78, 5) is 14.3. The molecule has 0 atom stereocenters. The van der Waals surface area contributed by atoms with Crippen LogP contribution in [0.1, 0.15) is 29.0 Å². The zero-order chi connectivity index (χ0) is 22.1. The molecule has 0 unspecified atom stereocenters. The number of ether oxygens (including phenoxy) is 4. The maximum atomic E-state index is 12.5. The number of amides is 1. The van der Waals surface area contributed by atoms with Crippen molar-refractivity contribution < 1.29 is 28.2 Å². The van der Waals surface area contributed by atoms with Gasteiger partial charge in [-0.25, -0.2) is 0 Å². The number of furan rings is 1. The number of carbonyl (C=O) groups excluding carboxylic acids is 1. The molecule has 0 N–H and O–H groups in total. The van der Waals surface area contributed by atoms with E-state index in [1.54, 1.807) is 31.3 Å². The third kappa shape index (κ3) is 3.69. The van der Waals surface area contributed by atoms with Crippen LogP contribution >= 0.6 is 0 Å². The van der Waals surface area contributed by atoms with Gasteiger partial charge < -0.3 is 28.3 Å². The first-order valence-electron chi connectivity index (χ1n) is 10.6. The molecule has 5 rings (SSSR count). The first-order valence-corrected chi connectivity index (χ1v) is 10.6. The van der Waals surface area contributed by atoms with E-state index in [9.17, 15) is 4.79 Å². The molecular weight excluding hydrogens is 410 g/mol. The second-order valence-electron chi connectivity index (χ2n) is 7.96. The molecule has 32 heavy (non-hydrogen) atoms. The molecule has 3 heterocycles. The molecule has 3 aromatic rings. The highest BCUT2D eigenvalue weighted by atomic mass is 16.7. The number of fused-ring (bicyclic) bond motifs is 1. The molecule has 1 amide bonds. The molecule has 7 nitrogen and oxygen atoms in total. The second kappa shape index (κ2) is 8.24.